The molecule has 164 valence electrons. The summed E-state index contributed by atoms with van der Waals surface area (Å²) in [5.74, 6) is 0.184. The monoisotopic (exact) mass is 431 g/mol. The zero-order valence-electron chi connectivity index (χ0n) is 18.3. The first-order valence-electron chi connectivity index (χ1n) is 10.9. The second kappa shape index (κ2) is 9.52. The molecule has 0 bridgehead atoms. The summed E-state index contributed by atoms with van der Waals surface area (Å²) in [5.41, 5.74) is 1.84. The van der Waals surface area contributed by atoms with Gasteiger partial charge in [-0.05, 0) is 67.3 Å². The summed E-state index contributed by atoms with van der Waals surface area (Å²) < 4.78 is 0. The Bertz CT molecular complexity index is 784. The molecule has 0 spiro atoms. The number of hydrogen-bond donors (Lipinski definition) is 2. The maximum atomic E-state index is 13.3. The lowest BCUT2D eigenvalue weighted by molar-refractivity contribution is -0.138. The van der Waals surface area contributed by atoms with Crippen molar-refractivity contribution in [1.82, 2.24) is 15.5 Å². The highest BCUT2D eigenvalue weighted by Crippen LogP contribution is 2.42. The number of halogens is 1. The van der Waals surface area contributed by atoms with Crippen molar-refractivity contribution in [2.75, 3.05) is 19.6 Å². The van der Waals surface area contributed by atoms with E-state index in [1.165, 1.54) is 5.56 Å². The molecule has 6 heteroatoms. The van der Waals surface area contributed by atoms with Crippen molar-refractivity contribution in [1.29, 1.82) is 0 Å². The molecule has 2 saturated heterocycles. The largest absolute Gasteiger partial charge is 0.340 e. The van der Waals surface area contributed by atoms with Crippen LogP contribution in [-0.4, -0.2) is 48.4 Å². The summed E-state index contributed by atoms with van der Waals surface area (Å²) in [6.07, 6.45) is 3.80. The highest BCUT2D eigenvalue weighted by molar-refractivity contribution is 6.30. The number of likely N-dealkylation sites (tertiary alicyclic amines) is 1. The molecule has 2 amide bonds. The number of benzene rings is 1. The Morgan fingerprint density at radius 2 is 1.93 bits per heavy atom. The van der Waals surface area contributed by atoms with Gasteiger partial charge in [0.2, 0.25) is 11.8 Å². The van der Waals surface area contributed by atoms with Crippen molar-refractivity contribution in [3.63, 3.8) is 0 Å². The van der Waals surface area contributed by atoms with Crippen molar-refractivity contribution in [3.05, 3.63) is 47.0 Å². The van der Waals surface area contributed by atoms with Crippen LogP contribution in [0.25, 0.3) is 0 Å². The Hall–Kier alpha value is -1.85. The Balaban J connectivity index is 1.68. The summed E-state index contributed by atoms with van der Waals surface area (Å²) in [6, 6.07) is 7.12. The Kier molecular flexibility index (Phi) is 7.25. The number of nitrogens with zero attached hydrogens (tertiary/aromatic N) is 1. The van der Waals surface area contributed by atoms with E-state index >= 15 is 0 Å². The van der Waals surface area contributed by atoms with Gasteiger partial charge in [0.1, 0.15) is 6.04 Å². The van der Waals surface area contributed by atoms with Gasteiger partial charge in [0.15, 0.2) is 0 Å². The SMILES string of the molecule is C=C(C)[C@@H](NC(=O)[C@H]1CCCCN1)C(=O)N1CC[C@H](c2ccc(Cl)cc2)C(C)(C)C1. The average molecular weight is 432 g/mol. The van der Waals surface area contributed by atoms with Gasteiger partial charge in [-0.2, -0.15) is 0 Å². The quantitative estimate of drug-likeness (QED) is 0.695. The highest BCUT2D eigenvalue weighted by atomic mass is 35.5. The molecule has 0 aliphatic carbocycles. The smallest absolute Gasteiger partial charge is 0.249 e. The van der Waals surface area contributed by atoms with E-state index in [1.807, 2.05) is 24.0 Å². The molecule has 3 atom stereocenters. The number of amides is 2. The molecule has 2 N–H and O–H groups in total. The lowest BCUT2D eigenvalue weighted by atomic mass is 9.70. The molecule has 1 aromatic rings. The van der Waals surface area contributed by atoms with E-state index in [0.717, 1.165) is 37.3 Å². The third kappa shape index (κ3) is 5.25. The van der Waals surface area contributed by atoms with Gasteiger partial charge >= 0.3 is 0 Å². The fraction of sp³-hybridized carbons (Fsp3) is 0.583. The minimum atomic E-state index is -0.677. The fourth-order valence-corrected chi connectivity index (χ4v) is 4.88. The number of nitrogens with one attached hydrogen (secondary N) is 2. The first-order valence-corrected chi connectivity index (χ1v) is 11.3. The van der Waals surface area contributed by atoms with Gasteiger partial charge in [-0.1, -0.05) is 50.6 Å². The molecular formula is C24H34ClN3O2. The molecule has 1 aromatic carbocycles. The minimum absolute atomic E-state index is 0.0608. The summed E-state index contributed by atoms with van der Waals surface area (Å²) in [7, 11) is 0. The van der Waals surface area contributed by atoms with Gasteiger partial charge in [0.25, 0.3) is 0 Å². The number of hydrogen-bond acceptors (Lipinski definition) is 3. The van der Waals surface area contributed by atoms with Gasteiger partial charge in [-0.15, -0.1) is 0 Å². The lowest BCUT2D eigenvalue weighted by Gasteiger charge is -2.45. The normalized spacial score (nSPS) is 24.7. The van der Waals surface area contributed by atoms with Crippen LogP contribution >= 0.6 is 11.6 Å². The Morgan fingerprint density at radius 3 is 2.50 bits per heavy atom. The number of piperidine rings is 2. The van der Waals surface area contributed by atoms with Crippen LogP contribution in [0.5, 0.6) is 0 Å². The third-order valence-corrected chi connectivity index (χ3v) is 6.72. The Labute approximate surface area is 185 Å². The molecule has 2 aliphatic rings. The first kappa shape index (κ1) is 22.8. The van der Waals surface area contributed by atoms with Crippen LogP contribution in [0.1, 0.15) is 57.9 Å². The summed E-state index contributed by atoms with van der Waals surface area (Å²) in [4.78, 5) is 27.9. The van der Waals surface area contributed by atoms with Gasteiger partial charge in [0.05, 0.1) is 6.04 Å². The molecule has 30 heavy (non-hydrogen) atoms. The van der Waals surface area contributed by atoms with Gasteiger partial charge in [-0.3, -0.25) is 9.59 Å². The van der Waals surface area contributed by atoms with Crippen LogP contribution in [0.3, 0.4) is 0 Å². The van der Waals surface area contributed by atoms with Gasteiger partial charge in [0, 0.05) is 18.1 Å². The van der Waals surface area contributed by atoms with Crippen LogP contribution in [0.4, 0.5) is 0 Å². The van der Waals surface area contributed by atoms with Crippen molar-refractivity contribution in [2.24, 2.45) is 5.41 Å². The van der Waals surface area contributed by atoms with Crippen molar-refractivity contribution < 1.29 is 9.59 Å². The molecule has 0 aromatic heterocycles. The predicted molar refractivity (Wildman–Crippen MR) is 122 cm³/mol. The zero-order chi connectivity index (χ0) is 21.9. The van der Waals surface area contributed by atoms with Crippen molar-refractivity contribution >= 4 is 23.4 Å². The van der Waals surface area contributed by atoms with E-state index in [2.05, 4.69) is 43.2 Å². The maximum Gasteiger partial charge on any atom is 0.249 e. The molecule has 2 heterocycles. The molecule has 5 nitrogen and oxygen atoms in total. The topological polar surface area (TPSA) is 61.4 Å². The minimum Gasteiger partial charge on any atom is -0.340 e. The summed E-state index contributed by atoms with van der Waals surface area (Å²) in [5, 5.41) is 6.93. The average Bonchev–Trinajstić information content (AvgIpc) is 2.72. The first-order chi connectivity index (χ1) is 14.2. The highest BCUT2D eigenvalue weighted by Gasteiger charge is 2.40. The van der Waals surface area contributed by atoms with Gasteiger partial charge in [-0.25, -0.2) is 0 Å². The molecular weight excluding hydrogens is 398 g/mol. The van der Waals surface area contributed by atoms with E-state index in [-0.39, 0.29) is 23.3 Å². The predicted octanol–water partition coefficient (Wildman–Crippen LogP) is 3.89. The van der Waals surface area contributed by atoms with Crippen LogP contribution in [0, 0.1) is 5.41 Å². The standard InChI is InChI=1S/C24H34ClN3O2/c1-16(2)21(27-22(29)20-7-5-6-13-26-20)23(30)28-14-12-19(24(3,4)15-28)17-8-10-18(25)11-9-17/h8-11,19-21,26H,1,5-7,12-15H2,2-4H3,(H,27,29)/t19-,20-,21-/m1/s1. The molecule has 2 fully saturated rings. The van der Waals surface area contributed by atoms with Crippen LogP contribution in [0.15, 0.2) is 36.4 Å². The molecule has 3 rings (SSSR count). The van der Waals surface area contributed by atoms with E-state index in [4.69, 9.17) is 11.6 Å². The fourth-order valence-electron chi connectivity index (χ4n) is 4.75. The summed E-state index contributed by atoms with van der Waals surface area (Å²) in [6.45, 7) is 12.3. The maximum absolute atomic E-state index is 13.3. The molecule has 0 unspecified atom stereocenters. The molecule has 0 saturated carbocycles. The van der Waals surface area contributed by atoms with Crippen molar-refractivity contribution in [3.8, 4) is 0 Å². The summed E-state index contributed by atoms with van der Waals surface area (Å²) >= 11 is 6.05. The van der Waals surface area contributed by atoms with E-state index in [0.29, 0.717) is 24.6 Å². The van der Waals surface area contributed by atoms with Gasteiger partial charge < -0.3 is 15.5 Å². The van der Waals surface area contributed by atoms with Crippen LogP contribution < -0.4 is 10.6 Å². The second-order valence-electron chi connectivity index (χ2n) is 9.43. The second-order valence-corrected chi connectivity index (χ2v) is 9.87. The number of carbonyl (C=O) groups excluding carboxylic acids is 2. The van der Waals surface area contributed by atoms with E-state index in [9.17, 15) is 9.59 Å². The van der Waals surface area contributed by atoms with E-state index in [1.54, 1.807) is 0 Å². The van der Waals surface area contributed by atoms with Crippen molar-refractivity contribution in [2.45, 2.75) is 64.5 Å². The number of carbonyl (C=O) groups is 2. The van der Waals surface area contributed by atoms with E-state index < -0.39 is 6.04 Å². The van der Waals surface area contributed by atoms with Crippen LogP contribution in [0.2, 0.25) is 5.02 Å². The molecule has 0 radical (unpaired) electrons. The molecule has 2 aliphatic heterocycles. The Morgan fingerprint density at radius 1 is 1.23 bits per heavy atom. The number of rotatable bonds is 5. The van der Waals surface area contributed by atoms with Crippen LogP contribution in [-0.2, 0) is 9.59 Å². The lowest BCUT2D eigenvalue weighted by Crippen LogP contribution is -2.57. The zero-order valence-corrected chi connectivity index (χ0v) is 19.1. The third-order valence-electron chi connectivity index (χ3n) is 6.47.